The molecule has 5 rings (SSSR count). The van der Waals surface area contributed by atoms with Crippen LogP contribution in [0.4, 0.5) is 26.3 Å². The molecule has 4 aromatic carbocycles. The summed E-state index contributed by atoms with van der Waals surface area (Å²) in [7, 11) is -2.08. The highest BCUT2D eigenvalue weighted by Gasteiger charge is 2.86. The topological polar surface area (TPSA) is 0 Å². The molecule has 3 unspecified atom stereocenters. The Balaban J connectivity index is 1.94. The van der Waals surface area contributed by atoms with E-state index in [-0.39, 0.29) is 15.9 Å². The van der Waals surface area contributed by atoms with E-state index in [1.54, 1.807) is 36.4 Å². The van der Waals surface area contributed by atoms with Crippen molar-refractivity contribution in [3.63, 3.8) is 0 Å². The maximum Gasteiger partial charge on any atom is 0.340 e. The fourth-order valence-corrected chi connectivity index (χ4v) is 7.45. The number of benzene rings is 4. The van der Waals surface area contributed by atoms with Crippen LogP contribution in [0.1, 0.15) is 11.1 Å². The zero-order valence-corrected chi connectivity index (χ0v) is 20.1. The number of halogens is 6. The Kier molecular flexibility index (Phi) is 6.23. The standard InChI is InChI=1S/C30H21F6S/c31-26-21-27(32,37(24-17-9-3-10-18-24)25-19-11-4-12-20-25)28(33,22-13-5-1-6-14-22)29(34,30(26,35)36)23-15-7-2-8-16-23/h1-21H/q+1. The zero-order valence-electron chi connectivity index (χ0n) is 19.3. The molecule has 37 heavy (non-hydrogen) atoms. The second-order valence-electron chi connectivity index (χ2n) is 8.69. The summed E-state index contributed by atoms with van der Waals surface area (Å²) >= 11 is 0. The Bertz CT molecular complexity index is 1360. The molecule has 0 heterocycles. The SMILES string of the molecule is FC1=CC(F)([S+](c2ccccc2)c2ccccc2)C(F)(c2ccccc2)C(F)(c2ccccc2)C1(F)F. The van der Waals surface area contributed by atoms with Gasteiger partial charge in [0, 0.05) is 11.6 Å². The highest BCUT2D eigenvalue weighted by molar-refractivity contribution is 7.98. The van der Waals surface area contributed by atoms with E-state index in [0.717, 1.165) is 24.3 Å². The monoisotopic (exact) mass is 527 g/mol. The Labute approximate surface area is 213 Å². The van der Waals surface area contributed by atoms with E-state index < -0.39 is 50.1 Å². The minimum atomic E-state index is -5.02. The summed E-state index contributed by atoms with van der Waals surface area (Å²) in [5, 5.41) is -3.60. The fraction of sp³-hybridized carbons (Fsp3) is 0.133. The minimum Gasteiger partial charge on any atom is -0.227 e. The summed E-state index contributed by atoms with van der Waals surface area (Å²) < 4.78 is 99.9. The Hall–Kier alpha value is -3.45. The van der Waals surface area contributed by atoms with Crippen molar-refractivity contribution in [1.82, 2.24) is 0 Å². The molecular weight excluding hydrogens is 506 g/mol. The predicted molar refractivity (Wildman–Crippen MR) is 133 cm³/mol. The van der Waals surface area contributed by atoms with E-state index in [9.17, 15) is 0 Å². The molecule has 0 spiro atoms. The molecule has 0 saturated heterocycles. The lowest BCUT2D eigenvalue weighted by Gasteiger charge is -2.50. The van der Waals surface area contributed by atoms with Gasteiger partial charge in [0.25, 0.3) is 11.3 Å². The van der Waals surface area contributed by atoms with Gasteiger partial charge in [0.1, 0.15) is 10.9 Å². The second-order valence-corrected chi connectivity index (χ2v) is 10.8. The summed E-state index contributed by atoms with van der Waals surface area (Å²) in [6, 6.07) is 27.4. The van der Waals surface area contributed by atoms with Crippen LogP contribution in [0.15, 0.2) is 143 Å². The van der Waals surface area contributed by atoms with Crippen LogP contribution in [0.5, 0.6) is 0 Å². The summed E-state index contributed by atoms with van der Waals surface area (Å²) in [4.78, 5) is 0.387. The van der Waals surface area contributed by atoms with Crippen molar-refractivity contribution in [2.75, 3.05) is 0 Å². The lowest BCUT2D eigenvalue weighted by Crippen LogP contribution is -2.68. The third kappa shape index (κ3) is 3.55. The van der Waals surface area contributed by atoms with Crippen molar-refractivity contribution < 1.29 is 26.3 Å². The van der Waals surface area contributed by atoms with Gasteiger partial charge in [-0.3, -0.25) is 0 Å². The molecule has 0 radical (unpaired) electrons. The molecule has 0 N–H and O–H groups in total. The molecule has 0 fully saturated rings. The van der Waals surface area contributed by atoms with Gasteiger partial charge in [-0.25, -0.2) is 13.2 Å². The number of alkyl halides is 5. The van der Waals surface area contributed by atoms with Crippen LogP contribution in [-0.4, -0.2) is 10.9 Å². The van der Waals surface area contributed by atoms with E-state index in [0.29, 0.717) is 0 Å². The van der Waals surface area contributed by atoms with Crippen LogP contribution in [-0.2, 0) is 22.2 Å². The fourth-order valence-electron chi connectivity index (χ4n) is 4.87. The summed E-state index contributed by atoms with van der Waals surface area (Å²) in [5.74, 6) is -7.38. The number of hydrogen-bond acceptors (Lipinski definition) is 0. The van der Waals surface area contributed by atoms with Gasteiger partial charge >= 0.3 is 10.9 Å². The largest absolute Gasteiger partial charge is 0.340 e. The first kappa shape index (κ1) is 25.2. The van der Waals surface area contributed by atoms with Gasteiger partial charge in [0.2, 0.25) is 0 Å². The number of hydrogen-bond donors (Lipinski definition) is 0. The van der Waals surface area contributed by atoms with E-state index in [1.807, 2.05) is 0 Å². The van der Waals surface area contributed by atoms with Gasteiger partial charge in [0.15, 0.2) is 15.6 Å². The predicted octanol–water partition coefficient (Wildman–Crippen LogP) is 8.62. The van der Waals surface area contributed by atoms with Gasteiger partial charge in [-0.1, -0.05) is 97.1 Å². The lowest BCUT2D eigenvalue weighted by molar-refractivity contribution is -0.234. The molecule has 1 aliphatic carbocycles. The molecule has 7 heteroatoms. The Morgan fingerprint density at radius 3 is 1.22 bits per heavy atom. The molecular formula is C30H21F6S+. The second kappa shape index (κ2) is 9.14. The van der Waals surface area contributed by atoms with Gasteiger partial charge in [0.05, 0.1) is 0 Å². The third-order valence-electron chi connectivity index (χ3n) is 6.59. The van der Waals surface area contributed by atoms with Crippen LogP contribution in [0.3, 0.4) is 0 Å². The van der Waals surface area contributed by atoms with Crippen molar-refractivity contribution >= 4 is 10.9 Å². The van der Waals surface area contributed by atoms with Crippen molar-refractivity contribution in [3.8, 4) is 0 Å². The van der Waals surface area contributed by atoms with E-state index in [4.69, 9.17) is 0 Å². The van der Waals surface area contributed by atoms with Gasteiger partial charge in [-0.05, 0) is 29.8 Å². The van der Waals surface area contributed by atoms with E-state index in [1.165, 1.54) is 60.7 Å². The highest BCUT2D eigenvalue weighted by atomic mass is 32.2. The molecule has 1 aliphatic rings. The van der Waals surface area contributed by atoms with Crippen LogP contribution < -0.4 is 0 Å². The molecule has 0 aliphatic heterocycles. The summed E-state index contributed by atoms with van der Waals surface area (Å²) in [5.41, 5.74) is -10.0. The molecule has 0 nitrogen and oxygen atoms in total. The molecule has 3 atom stereocenters. The van der Waals surface area contributed by atoms with Gasteiger partial charge < -0.3 is 0 Å². The average Bonchev–Trinajstić information content (AvgIpc) is 2.93. The third-order valence-corrected chi connectivity index (χ3v) is 9.07. The first-order chi connectivity index (χ1) is 17.7. The first-order valence-electron chi connectivity index (χ1n) is 11.5. The Morgan fingerprint density at radius 1 is 0.459 bits per heavy atom. The smallest absolute Gasteiger partial charge is 0.227 e. The van der Waals surface area contributed by atoms with Gasteiger partial charge in [-0.15, -0.1) is 0 Å². The molecule has 0 aromatic heterocycles. The maximum atomic E-state index is 17.9. The number of rotatable bonds is 5. The zero-order chi connectivity index (χ0) is 26.3. The van der Waals surface area contributed by atoms with Crippen LogP contribution in [0, 0.1) is 0 Å². The Morgan fingerprint density at radius 2 is 0.811 bits per heavy atom. The quantitative estimate of drug-likeness (QED) is 0.180. The van der Waals surface area contributed by atoms with E-state index >= 15 is 26.3 Å². The molecule has 0 saturated carbocycles. The molecule has 0 amide bonds. The molecule has 4 aromatic rings. The highest BCUT2D eigenvalue weighted by Crippen LogP contribution is 2.68. The normalized spacial score (nSPS) is 27.1. The van der Waals surface area contributed by atoms with Crippen molar-refractivity contribution in [1.29, 1.82) is 0 Å². The van der Waals surface area contributed by atoms with Gasteiger partial charge in [-0.2, -0.15) is 13.2 Å². The summed E-state index contributed by atoms with van der Waals surface area (Å²) in [6.07, 6.45) is -0.0517. The van der Waals surface area contributed by atoms with Crippen molar-refractivity contribution in [2.45, 2.75) is 32.1 Å². The van der Waals surface area contributed by atoms with Crippen molar-refractivity contribution in [2.24, 2.45) is 0 Å². The number of allylic oxidation sites excluding steroid dienone is 1. The lowest BCUT2D eigenvalue weighted by atomic mass is 9.66. The van der Waals surface area contributed by atoms with Crippen LogP contribution in [0.25, 0.3) is 0 Å². The molecule has 0 bridgehead atoms. The summed E-state index contributed by atoms with van der Waals surface area (Å²) in [6.45, 7) is 0. The first-order valence-corrected chi connectivity index (χ1v) is 12.7. The van der Waals surface area contributed by atoms with Crippen molar-refractivity contribution in [3.05, 3.63) is 144 Å². The van der Waals surface area contributed by atoms with Crippen LogP contribution >= 0.6 is 0 Å². The van der Waals surface area contributed by atoms with E-state index in [2.05, 4.69) is 0 Å². The minimum absolute atomic E-state index is 0.0517. The average molecular weight is 528 g/mol. The van der Waals surface area contributed by atoms with Crippen LogP contribution in [0.2, 0.25) is 0 Å². The molecule has 188 valence electrons. The maximum absolute atomic E-state index is 17.9.